The molecule has 0 atom stereocenters. The van der Waals surface area contributed by atoms with E-state index in [2.05, 4.69) is 37.4 Å². The molecule has 3 aromatic rings. The molecular formula is C25H27N3O2S. The van der Waals surface area contributed by atoms with E-state index < -0.39 is 0 Å². The van der Waals surface area contributed by atoms with Gasteiger partial charge in [0.2, 0.25) is 0 Å². The molecule has 160 valence electrons. The van der Waals surface area contributed by atoms with Gasteiger partial charge in [0.1, 0.15) is 0 Å². The summed E-state index contributed by atoms with van der Waals surface area (Å²) in [5.41, 5.74) is 5.98. The van der Waals surface area contributed by atoms with Crippen LogP contribution in [0, 0.1) is 20.8 Å². The number of thiophene rings is 1. The van der Waals surface area contributed by atoms with Crippen LogP contribution in [0.1, 0.15) is 38.3 Å². The number of carbonyl (C=O) groups excluding carboxylic acids is 2. The van der Waals surface area contributed by atoms with Crippen molar-refractivity contribution in [3.63, 3.8) is 0 Å². The Labute approximate surface area is 187 Å². The summed E-state index contributed by atoms with van der Waals surface area (Å²) >= 11 is 1.40. The molecule has 4 rings (SSSR count). The van der Waals surface area contributed by atoms with Gasteiger partial charge in [-0.15, -0.1) is 11.3 Å². The zero-order chi connectivity index (χ0) is 22.0. The average molecular weight is 434 g/mol. The van der Waals surface area contributed by atoms with Gasteiger partial charge in [0.15, 0.2) is 0 Å². The largest absolute Gasteiger partial charge is 0.324 e. The average Bonchev–Trinajstić information content (AvgIpc) is 3.24. The highest BCUT2D eigenvalue weighted by atomic mass is 32.1. The van der Waals surface area contributed by atoms with Gasteiger partial charge >= 0.3 is 6.03 Å². The van der Waals surface area contributed by atoms with Crippen LogP contribution in [0.4, 0.5) is 16.2 Å². The van der Waals surface area contributed by atoms with Gasteiger partial charge in [0.25, 0.3) is 5.91 Å². The smallest absolute Gasteiger partial charge is 0.320 e. The number of hydrogen-bond donors (Lipinski definition) is 1. The van der Waals surface area contributed by atoms with Crippen molar-refractivity contribution in [2.24, 2.45) is 0 Å². The van der Waals surface area contributed by atoms with E-state index in [4.69, 9.17) is 0 Å². The highest BCUT2D eigenvalue weighted by Gasteiger charge is 2.29. The van der Waals surface area contributed by atoms with Crippen molar-refractivity contribution < 1.29 is 9.59 Å². The molecule has 31 heavy (non-hydrogen) atoms. The zero-order valence-electron chi connectivity index (χ0n) is 18.1. The number of nitrogens with zero attached hydrogens (tertiary/aromatic N) is 2. The number of rotatable bonds is 5. The summed E-state index contributed by atoms with van der Waals surface area (Å²) in [5.74, 6) is -0.154. The number of urea groups is 1. The second-order valence-corrected chi connectivity index (χ2v) is 9.11. The monoisotopic (exact) mass is 433 g/mol. The summed E-state index contributed by atoms with van der Waals surface area (Å²) in [6.45, 7) is 8.08. The minimum Gasteiger partial charge on any atom is -0.320 e. The second-order valence-electron chi connectivity index (χ2n) is 8.16. The third kappa shape index (κ3) is 4.80. The van der Waals surface area contributed by atoms with Crippen molar-refractivity contribution >= 4 is 34.6 Å². The molecule has 1 fully saturated rings. The molecule has 0 spiro atoms. The molecule has 2 aromatic carbocycles. The van der Waals surface area contributed by atoms with Gasteiger partial charge in [0, 0.05) is 19.6 Å². The third-order valence-corrected chi connectivity index (χ3v) is 6.27. The molecule has 5 nitrogen and oxygen atoms in total. The molecule has 0 unspecified atom stereocenters. The maximum atomic E-state index is 13.4. The van der Waals surface area contributed by atoms with Gasteiger partial charge in [-0.2, -0.15) is 0 Å². The first-order valence-corrected chi connectivity index (χ1v) is 11.4. The fourth-order valence-electron chi connectivity index (χ4n) is 4.11. The van der Waals surface area contributed by atoms with E-state index >= 15 is 0 Å². The molecule has 3 amide bonds. The van der Waals surface area contributed by atoms with Gasteiger partial charge in [-0.1, -0.05) is 41.5 Å². The normalized spacial score (nSPS) is 14.1. The van der Waals surface area contributed by atoms with E-state index in [1.54, 1.807) is 11.0 Å². The maximum absolute atomic E-state index is 13.4. The van der Waals surface area contributed by atoms with Crippen LogP contribution in [-0.4, -0.2) is 29.9 Å². The molecule has 0 aliphatic carbocycles. The molecule has 1 saturated heterocycles. The van der Waals surface area contributed by atoms with E-state index in [0.717, 1.165) is 29.8 Å². The van der Waals surface area contributed by atoms with Crippen molar-refractivity contribution in [3.05, 3.63) is 81.0 Å². The van der Waals surface area contributed by atoms with Crippen molar-refractivity contribution in [1.29, 1.82) is 0 Å². The third-order valence-electron chi connectivity index (χ3n) is 5.40. The molecule has 6 heteroatoms. The lowest BCUT2D eigenvalue weighted by atomic mass is 10.1. The van der Waals surface area contributed by atoms with Crippen LogP contribution < -0.4 is 10.2 Å². The standard InChI is InChI=1S/C25H27N3O2S/c1-17-7-8-22(21(15-17)26-24(29)23-6-4-11-31-23)28-10-5-9-27(25(28)30)16-20-13-18(2)12-19(3)14-20/h4,6-8,11-15H,5,9-10,16H2,1-3H3,(H,26,29). The highest BCUT2D eigenvalue weighted by molar-refractivity contribution is 7.12. The lowest BCUT2D eigenvalue weighted by Gasteiger charge is -2.36. The van der Waals surface area contributed by atoms with Crippen molar-refractivity contribution in [2.75, 3.05) is 23.3 Å². The topological polar surface area (TPSA) is 52.6 Å². The number of carbonyl (C=O) groups is 2. The molecule has 1 N–H and O–H groups in total. The molecule has 0 saturated carbocycles. The number of amides is 3. The lowest BCUT2D eigenvalue weighted by Crippen LogP contribution is -2.49. The number of anilines is 2. The van der Waals surface area contributed by atoms with Crippen LogP contribution in [0.25, 0.3) is 0 Å². The predicted octanol–water partition coefficient (Wildman–Crippen LogP) is 5.76. The molecule has 0 radical (unpaired) electrons. The maximum Gasteiger partial charge on any atom is 0.324 e. The van der Waals surface area contributed by atoms with Gasteiger partial charge in [0.05, 0.1) is 16.3 Å². The van der Waals surface area contributed by atoms with E-state index in [9.17, 15) is 9.59 Å². The number of hydrogen-bond acceptors (Lipinski definition) is 3. The number of aryl methyl sites for hydroxylation is 3. The zero-order valence-corrected chi connectivity index (χ0v) is 19.0. The van der Waals surface area contributed by atoms with Crippen LogP contribution in [0.5, 0.6) is 0 Å². The Morgan fingerprint density at radius 1 is 1.00 bits per heavy atom. The summed E-state index contributed by atoms with van der Waals surface area (Å²) < 4.78 is 0. The lowest BCUT2D eigenvalue weighted by molar-refractivity contribution is 0.103. The summed E-state index contributed by atoms with van der Waals surface area (Å²) in [4.78, 5) is 30.4. The van der Waals surface area contributed by atoms with Crippen molar-refractivity contribution in [2.45, 2.75) is 33.7 Å². The number of nitrogens with one attached hydrogen (secondary N) is 1. The van der Waals surface area contributed by atoms with Crippen LogP contribution in [0.2, 0.25) is 0 Å². The molecule has 1 aromatic heterocycles. The van der Waals surface area contributed by atoms with Crippen LogP contribution in [0.15, 0.2) is 53.9 Å². The molecule has 2 heterocycles. The first-order valence-electron chi connectivity index (χ1n) is 10.5. The van der Waals surface area contributed by atoms with E-state index in [0.29, 0.717) is 23.7 Å². The minimum atomic E-state index is -0.154. The van der Waals surface area contributed by atoms with Crippen molar-refractivity contribution in [3.8, 4) is 0 Å². The highest BCUT2D eigenvalue weighted by Crippen LogP contribution is 2.31. The first-order chi connectivity index (χ1) is 14.9. The Hall–Kier alpha value is -3.12. The summed E-state index contributed by atoms with van der Waals surface area (Å²) in [6.07, 6.45) is 0.878. The van der Waals surface area contributed by atoms with Crippen LogP contribution >= 0.6 is 11.3 Å². The minimum absolute atomic E-state index is 0.0270. The van der Waals surface area contributed by atoms with Crippen molar-refractivity contribution in [1.82, 2.24) is 4.90 Å². The summed E-state index contributed by atoms with van der Waals surface area (Å²) in [6, 6.07) is 15.9. The molecular weight excluding hydrogens is 406 g/mol. The molecule has 0 bridgehead atoms. The second kappa shape index (κ2) is 8.94. The van der Waals surface area contributed by atoms with Gasteiger partial charge in [-0.05, 0) is 61.9 Å². The summed E-state index contributed by atoms with van der Waals surface area (Å²) in [7, 11) is 0. The fourth-order valence-corrected chi connectivity index (χ4v) is 4.73. The van der Waals surface area contributed by atoms with E-state index in [1.165, 1.54) is 22.5 Å². The Morgan fingerprint density at radius 2 is 1.77 bits per heavy atom. The summed E-state index contributed by atoms with van der Waals surface area (Å²) in [5, 5.41) is 4.89. The van der Waals surface area contributed by atoms with Gasteiger partial charge in [-0.25, -0.2) is 4.79 Å². The number of benzene rings is 2. The first kappa shape index (κ1) is 21.1. The SMILES string of the molecule is Cc1cc(C)cc(CN2CCCN(c3ccc(C)cc3NC(=O)c3cccs3)C2=O)c1. The Balaban J connectivity index is 1.58. The van der Waals surface area contributed by atoms with Gasteiger partial charge in [-0.3, -0.25) is 9.69 Å². The van der Waals surface area contributed by atoms with Crippen LogP contribution in [-0.2, 0) is 6.54 Å². The Bertz CT molecular complexity index is 1090. The van der Waals surface area contributed by atoms with E-state index in [1.807, 2.05) is 41.5 Å². The molecule has 1 aliphatic rings. The van der Waals surface area contributed by atoms with E-state index in [-0.39, 0.29) is 11.9 Å². The van der Waals surface area contributed by atoms with Crippen LogP contribution in [0.3, 0.4) is 0 Å². The molecule has 1 aliphatic heterocycles. The Kier molecular flexibility index (Phi) is 6.09. The fraction of sp³-hybridized carbons (Fsp3) is 0.280. The predicted molar refractivity (Wildman–Crippen MR) is 127 cm³/mol. The quantitative estimate of drug-likeness (QED) is 0.556. The van der Waals surface area contributed by atoms with Gasteiger partial charge < -0.3 is 10.2 Å². The Morgan fingerprint density at radius 3 is 2.48 bits per heavy atom.